The SMILES string of the molecule is COc1ccc(N(C(C)c2cccc(OC)c2)S(=O)(=O)c2ccc([N+](=O)[O-])cc2)cc1. The lowest BCUT2D eigenvalue weighted by Crippen LogP contribution is -2.33. The first kappa shape index (κ1) is 22.1. The first-order chi connectivity index (χ1) is 14.8. The predicted octanol–water partition coefficient (Wildman–Crippen LogP) is 4.57. The third-order valence-electron chi connectivity index (χ3n) is 4.86. The summed E-state index contributed by atoms with van der Waals surface area (Å²) < 4.78 is 39.0. The molecule has 0 bridgehead atoms. The molecule has 162 valence electrons. The normalized spacial score (nSPS) is 12.1. The Hall–Kier alpha value is -3.59. The second-order valence-corrected chi connectivity index (χ2v) is 8.52. The van der Waals surface area contributed by atoms with Crippen LogP contribution in [0.25, 0.3) is 0 Å². The Balaban J connectivity index is 2.12. The summed E-state index contributed by atoms with van der Waals surface area (Å²) in [5.74, 6) is 1.19. The number of non-ortho nitro benzene ring substituents is 1. The van der Waals surface area contributed by atoms with Crippen molar-refractivity contribution in [2.75, 3.05) is 18.5 Å². The number of benzene rings is 3. The van der Waals surface area contributed by atoms with Crippen molar-refractivity contribution in [1.82, 2.24) is 0 Å². The second-order valence-electron chi connectivity index (χ2n) is 6.70. The van der Waals surface area contributed by atoms with Gasteiger partial charge >= 0.3 is 0 Å². The number of nitro groups is 1. The van der Waals surface area contributed by atoms with Crippen molar-refractivity contribution in [2.45, 2.75) is 17.9 Å². The molecule has 0 spiro atoms. The first-order valence-electron chi connectivity index (χ1n) is 9.35. The van der Waals surface area contributed by atoms with Gasteiger partial charge in [0.15, 0.2) is 0 Å². The fourth-order valence-electron chi connectivity index (χ4n) is 3.19. The molecule has 1 atom stereocenters. The van der Waals surface area contributed by atoms with Crippen LogP contribution in [0.15, 0.2) is 77.7 Å². The fraction of sp³-hybridized carbons (Fsp3) is 0.182. The standard InChI is InChI=1S/C22H22N2O6S/c1-16(17-5-4-6-21(15-17)30-3)23(18-7-11-20(29-2)12-8-18)31(27,28)22-13-9-19(10-14-22)24(25)26/h4-16H,1-3H3. The van der Waals surface area contributed by atoms with Crippen LogP contribution in [-0.2, 0) is 10.0 Å². The van der Waals surface area contributed by atoms with Crippen molar-refractivity contribution in [2.24, 2.45) is 0 Å². The number of hydrogen-bond donors (Lipinski definition) is 0. The molecule has 31 heavy (non-hydrogen) atoms. The number of hydrogen-bond acceptors (Lipinski definition) is 6. The van der Waals surface area contributed by atoms with E-state index >= 15 is 0 Å². The Bertz CT molecular complexity index is 1160. The van der Waals surface area contributed by atoms with Gasteiger partial charge in [-0.05, 0) is 61.0 Å². The molecule has 0 aliphatic rings. The average molecular weight is 442 g/mol. The van der Waals surface area contributed by atoms with Crippen LogP contribution in [0.3, 0.4) is 0 Å². The number of sulfonamides is 1. The van der Waals surface area contributed by atoms with E-state index in [1.165, 1.54) is 35.7 Å². The maximum absolute atomic E-state index is 13.6. The van der Waals surface area contributed by atoms with Gasteiger partial charge < -0.3 is 9.47 Å². The quantitative estimate of drug-likeness (QED) is 0.374. The van der Waals surface area contributed by atoms with Gasteiger partial charge in [0.1, 0.15) is 11.5 Å². The van der Waals surface area contributed by atoms with Crippen molar-refractivity contribution >= 4 is 21.4 Å². The molecule has 0 amide bonds. The van der Waals surface area contributed by atoms with Gasteiger partial charge in [0.05, 0.1) is 35.8 Å². The van der Waals surface area contributed by atoms with Crippen molar-refractivity contribution in [3.8, 4) is 11.5 Å². The molecule has 1 unspecified atom stereocenters. The van der Waals surface area contributed by atoms with Gasteiger partial charge in [-0.25, -0.2) is 8.42 Å². The molecule has 0 aliphatic carbocycles. The lowest BCUT2D eigenvalue weighted by Gasteiger charge is -2.31. The lowest BCUT2D eigenvalue weighted by molar-refractivity contribution is -0.384. The highest BCUT2D eigenvalue weighted by Crippen LogP contribution is 2.35. The third-order valence-corrected chi connectivity index (χ3v) is 6.77. The van der Waals surface area contributed by atoms with Crippen LogP contribution >= 0.6 is 0 Å². The smallest absolute Gasteiger partial charge is 0.269 e. The largest absolute Gasteiger partial charge is 0.497 e. The van der Waals surface area contributed by atoms with Gasteiger partial charge in [-0.3, -0.25) is 14.4 Å². The van der Waals surface area contributed by atoms with E-state index in [1.807, 2.05) is 6.07 Å². The molecule has 0 fully saturated rings. The Morgan fingerprint density at radius 1 is 0.903 bits per heavy atom. The van der Waals surface area contributed by atoms with Crippen LogP contribution in [0, 0.1) is 10.1 Å². The van der Waals surface area contributed by atoms with E-state index in [1.54, 1.807) is 56.5 Å². The van der Waals surface area contributed by atoms with Crippen molar-refractivity contribution in [3.63, 3.8) is 0 Å². The van der Waals surface area contributed by atoms with E-state index < -0.39 is 21.0 Å². The summed E-state index contributed by atoms with van der Waals surface area (Å²) in [6.45, 7) is 1.77. The van der Waals surface area contributed by atoms with Gasteiger partial charge in [-0.1, -0.05) is 12.1 Å². The van der Waals surface area contributed by atoms with Crippen LogP contribution in [0.4, 0.5) is 11.4 Å². The summed E-state index contributed by atoms with van der Waals surface area (Å²) in [6.07, 6.45) is 0. The second kappa shape index (κ2) is 9.05. The summed E-state index contributed by atoms with van der Waals surface area (Å²) >= 11 is 0. The number of rotatable bonds is 8. The number of ether oxygens (including phenoxy) is 2. The molecule has 0 saturated heterocycles. The molecule has 0 N–H and O–H groups in total. The lowest BCUT2D eigenvalue weighted by atomic mass is 10.1. The Morgan fingerprint density at radius 3 is 2.06 bits per heavy atom. The number of methoxy groups -OCH3 is 2. The highest BCUT2D eigenvalue weighted by Gasteiger charge is 2.31. The topological polar surface area (TPSA) is 99.0 Å². The van der Waals surface area contributed by atoms with Gasteiger partial charge in [0.2, 0.25) is 0 Å². The number of nitro benzene ring substituents is 1. The first-order valence-corrected chi connectivity index (χ1v) is 10.8. The predicted molar refractivity (Wildman–Crippen MR) is 117 cm³/mol. The average Bonchev–Trinajstić information content (AvgIpc) is 2.79. The van der Waals surface area contributed by atoms with Crippen molar-refractivity contribution in [1.29, 1.82) is 0 Å². The zero-order chi connectivity index (χ0) is 22.6. The molecule has 8 nitrogen and oxygen atoms in total. The molecule has 0 saturated carbocycles. The molecule has 0 heterocycles. The zero-order valence-electron chi connectivity index (χ0n) is 17.3. The summed E-state index contributed by atoms with van der Waals surface area (Å²) in [7, 11) is -0.987. The highest BCUT2D eigenvalue weighted by molar-refractivity contribution is 7.92. The van der Waals surface area contributed by atoms with E-state index in [0.29, 0.717) is 17.2 Å². The molecular weight excluding hydrogens is 420 g/mol. The van der Waals surface area contributed by atoms with Crippen molar-refractivity contribution in [3.05, 3.63) is 88.5 Å². The third kappa shape index (κ3) is 4.61. The van der Waals surface area contributed by atoms with E-state index in [9.17, 15) is 18.5 Å². The van der Waals surface area contributed by atoms with Gasteiger partial charge in [0, 0.05) is 12.1 Å². The van der Waals surface area contributed by atoms with Gasteiger partial charge in [-0.15, -0.1) is 0 Å². The van der Waals surface area contributed by atoms with E-state index in [4.69, 9.17) is 9.47 Å². The van der Waals surface area contributed by atoms with E-state index in [2.05, 4.69) is 0 Å². The minimum absolute atomic E-state index is 0.0522. The summed E-state index contributed by atoms with van der Waals surface area (Å²) in [5.41, 5.74) is 0.964. The molecule has 3 aromatic carbocycles. The maximum atomic E-state index is 13.6. The van der Waals surface area contributed by atoms with Crippen LogP contribution in [0.5, 0.6) is 11.5 Å². The number of nitrogens with zero attached hydrogens (tertiary/aromatic N) is 2. The molecule has 3 rings (SSSR count). The summed E-state index contributed by atoms with van der Waals surface area (Å²) in [5, 5.41) is 11.0. The molecule has 0 aromatic heterocycles. The van der Waals surface area contributed by atoms with E-state index in [-0.39, 0.29) is 10.6 Å². The van der Waals surface area contributed by atoms with Crippen molar-refractivity contribution < 1.29 is 22.8 Å². The maximum Gasteiger partial charge on any atom is 0.269 e. The zero-order valence-corrected chi connectivity index (χ0v) is 18.1. The minimum Gasteiger partial charge on any atom is -0.497 e. The molecule has 0 radical (unpaired) electrons. The van der Waals surface area contributed by atoms with Gasteiger partial charge in [0.25, 0.3) is 15.7 Å². The van der Waals surface area contributed by atoms with E-state index in [0.717, 1.165) is 5.56 Å². The molecule has 9 heteroatoms. The molecule has 0 aliphatic heterocycles. The van der Waals surface area contributed by atoms with Crippen LogP contribution in [0.1, 0.15) is 18.5 Å². The highest BCUT2D eigenvalue weighted by atomic mass is 32.2. The molecule has 3 aromatic rings. The minimum atomic E-state index is -4.05. The van der Waals surface area contributed by atoms with Crippen LogP contribution < -0.4 is 13.8 Å². The summed E-state index contributed by atoms with van der Waals surface area (Å²) in [6, 6.07) is 18.0. The Morgan fingerprint density at radius 2 is 1.52 bits per heavy atom. The summed E-state index contributed by atoms with van der Waals surface area (Å²) in [4.78, 5) is 10.3. The monoisotopic (exact) mass is 442 g/mol. The Kier molecular flexibility index (Phi) is 6.45. The van der Waals surface area contributed by atoms with Crippen LogP contribution in [-0.4, -0.2) is 27.6 Å². The Labute approximate surface area is 180 Å². The molecular formula is C22H22N2O6S. The fourth-order valence-corrected chi connectivity index (χ4v) is 4.83. The number of anilines is 1. The van der Waals surface area contributed by atoms with Gasteiger partial charge in [-0.2, -0.15) is 0 Å². The van der Waals surface area contributed by atoms with Crippen LogP contribution in [0.2, 0.25) is 0 Å².